The average molecular weight is 330 g/mol. The quantitative estimate of drug-likeness (QED) is 0.552. The Bertz CT molecular complexity index is 1080. The maximum Gasteiger partial charge on any atom is 0.338 e. The largest absolute Gasteiger partial charge is 0.465 e. The summed E-state index contributed by atoms with van der Waals surface area (Å²) >= 11 is 0. The van der Waals surface area contributed by atoms with Gasteiger partial charge in [0.25, 0.3) is 0 Å². The normalized spacial score (nSPS) is 11.1. The van der Waals surface area contributed by atoms with E-state index in [0.29, 0.717) is 12.1 Å². The van der Waals surface area contributed by atoms with Crippen LogP contribution in [-0.2, 0) is 11.3 Å². The van der Waals surface area contributed by atoms with Crippen molar-refractivity contribution in [2.75, 3.05) is 7.11 Å². The Morgan fingerprint density at radius 3 is 2.48 bits per heavy atom. The van der Waals surface area contributed by atoms with E-state index < -0.39 is 0 Å². The lowest BCUT2D eigenvalue weighted by atomic mass is 9.95. The number of hydrogen-bond acceptors (Lipinski definition) is 3. The van der Waals surface area contributed by atoms with Gasteiger partial charge in [0, 0.05) is 28.4 Å². The van der Waals surface area contributed by atoms with E-state index in [-0.39, 0.29) is 5.97 Å². The molecule has 1 heterocycles. The van der Waals surface area contributed by atoms with Gasteiger partial charge in [0.2, 0.25) is 0 Å². The third-order valence-electron chi connectivity index (χ3n) is 4.57. The second-order valence-corrected chi connectivity index (χ2v) is 5.97. The lowest BCUT2D eigenvalue weighted by Crippen LogP contribution is -2.04. The molecule has 0 bridgehead atoms. The summed E-state index contributed by atoms with van der Waals surface area (Å²) in [4.78, 5) is 15.8. The van der Waals surface area contributed by atoms with Crippen molar-refractivity contribution in [1.29, 1.82) is 0 Å². The summed E-state index contributed by atoms with van der Waals surface area (Å²) in [6.45, 7) is 0.487. The molecule has 4 aromatic rings. The van der Waals surface area contributed by atoms with E-state index in [0.717, 1.165) is 38.5 Å². The number of methoxy groups -OCH3 is 1. The van der Waals surface area contributed by atoms with Crippen molar-refractivity contribution >= 4 is 27.8 Å². The van der Waals surface area contributed by atoms with Crippen LogP contribution < -0.4 is 5.73 Å². The minimum atomic E-state index is -0.349. The highest BCUT2D eigenvalue weighted by Crippen LogP contribution is 2.36. The van der Waals surface area contributed by atoms with E-state index in [1.807, 2.05) is 54.6 Å². The van der Waals surface area contributed by atoms with Gasteiger partial charge in [-0.2, -0.15) is 0 Å². The molecule has 3 N–H and O–H groups in total. The van der Waals surface area contributed by atoms with Crippen LogP contribution >= 0.6 is 0 Å². The van der Waals surface area contributed by atoms with Gasteiger partial charge in [0.15, 0.2) is 0 Å². The second kappa shape index (κ2) is 6.07. The maximum absolute atomic E-state index is 12.3. The lowest BCUT2D eigenvalue weighted by molar-refractivity contribution is 0.0602. The number of carbonyl (C=O) groups excluding carboxylic acids is 1. The molecule has 4 heteroatoms. The first-order valence-corrected chi connectivity index (χ1v) is 8.14. The van der Waals surface area contributed by atoms with Crippen LogP contribution in [0.2, 0.25) is 0 Å². The van der Waals surface area contributed by atoms with Crippen molar-refractivity contribution in [2.45, 2.75) is 6.54 Å². The molecule has 0 unspecified atom stereocenters. The zero-order valence-corrected chi connectivity index (χ0v) is 13.9. The molecule has 0 saturated heterocycles. The molecule has 1 aromatic heterocycles. The predicted octanol–water partition coefficient (Wildman–Crippen LogP) is 4.23. The summed E-state index contributed by atoms with van der Waals surface area (Å²) in [7, 11) is 1.40. The van der Waals surface area contributed by atoms with Crippen LogP contribution in [-0.4, -0.2) is 18.1 Å². The van der Waals surface area contributed by atoms with Gasteiger partial charge in [-0.1, -0.05) is 48.5 Å². The van der Waals surface area contributed by atoms with E-state index in [4.69, 9.17) is 10.5 Å². The predicted molar refractivity (Wildman–Crippen MR) is 100 cm³/mol. The zero-order valence-electron chi connectivity index (χ0n) is 13.9. The maximum atomic E-state index is 12.3. The first-order valence-electron chi connectivity index (χ1n) is 8.14. The molecule has 0 aliphatic heterocycles. The minimum Gasteiger partial charge on any atom is -0.465 e. The fourth-order valence-corrected chi connectivity index (χ4v) is 3.31. The number of hydrogen-bond donors (Lipinski definition) is 2. The standard InChI is InChI=1S/C21H18N2O2/c1-25-21(24)17-11-10-16-15-4-2-3-5-18(15)23-20(16)19(17)14-8-6-13(12-22)7-9-14/h2-11,23H,12,22H2,1H3. The third kappa shape index (κ3) is 2.47. The fraction of sp³-hybridized carbons (Fsp3) is 0.0952. The number of aromatic amines is 1. The van der Waals surface area contributed by atoms with Crippen LogP contribution in [0.3, 0.4) is 0 Å². The molecule has 0 radical (unpaired) electrons. The number of para-hydroxylation sites is 1. The fourth-order valence-electron chi connectivity index (χ4n) is 3.31. The number of esters is 1. The van der Waals surface area contributed by atoms with Gasteiger partial charge < -0.3 is 15.5 Å². The highest BCUT2D eigenvalue weighted by Gasteiger charge is 2.19. The van der Waals surface area contributed by atoms with Crippen LogP contribution in [0.1, 0.15) is 15.9 Å². The summed E-state index contributed by atoms with van der Waals surface area (Å²) in [5.41, 5.74) is 11.1. The van der Waals surface area contributed by atoms with Crippen LogP contribution in [0, 0.1) is 0 Å². The van der Waals surface area contributed by atoms with Gasteiger partial charge in [-0.15, -0.1) is 0 Å². The van der Waals surface area contributed by atoms with Gasteiger partial charge in [-0.3, -0.25) is 0 Å². The highest BCUT2D eigenvalue weighted by atomic mass is 16.5. The number of rotatable bonds is 3. The number of nitrogens with two attached hydrogens (primary N) is 1. The molecule has 25 heavy (non-hydrogen) atoms. The molecule has 0 spiro atoms. The zero-order chi connectivity index (χ0) is 17.4. The second-order valence-electron chi connectivity index (χ2n) is 5.97. The SMILES string of the molecule is COC(=O)c1ccc2c([nH]c3ccccc32)c1-c1ccc(CN)cc1. The molecular weight excluding hydrogens is 312 g/mol. The smallest absolute Gasteiger partial charge is 0.338 e. The lowest BCUT2D eigenvalue weighted by Gasteiger charge is -2.11. The minimum absolute atomic E-state index is 0.349. The molecule has 0 saturated carbocycles. The number of benzene rings is 3. The Labute approximate surface area is 145 Å². The number of H-pyrrole nitrogens is 1. The van der Waals surface area contributed by atoms with Crippen molar-refractivity contribution in [3.05, 3.63) is 71.8 Å². The summed E-state index contributed by atoms with van der Waals surface area (Å²) in [6, 6.07) is 19.9. The molecule has 0 amide bonds. The number of fused-ring (bicyclic) bond motifs is 3. The first kappa shape index (κ1) is 15.4. The summed E-state index contributed by atoms with van der Waals surface area (Å²) < 4.78 is 4.99. The summed E-state index contributed by atoms with van der Waals surface area (Å²) in [5.74, 6) is -0.349. The van der Waals surface area contributed by atoms with E-state index in [1.54, 1.807) is 0 Å². The molecule has 0 atom stereocenters. The highest BCUT2D eigenvalue weighted by molar-refractivity contribution is 6.15. The molecule has 4 rings (SSSR count). The Morgan fingerprint density at radius 2 is 1.76 bits per heavy atom. The topological polar surface area (TPSA) is 68.1 Å². The average Bonchev–Trinajstić information content (AvgIpc) is 3.05. The first-order chi connectivity index (χ1) is 12.2. The van der Waals surface area contributed by atoms with Gasteiger partial charge in [0.1, 0.15) is 0 Å². The molecule has 4 nitrogen and oxygen atoms in total. The van der Waals surface area contributed by atoms with E-state index in [2.05, 4.69) is 11.1 Å². The number of nitrogens with one attached hydrogen (secondary N) is 1. The van der Waals surface area contributed by atoms with Crippen LogP contribution in [0.25, 0.3) is 32.9 Å². The van der Waals surface area contributed by atoms with Gasteiger partial charge in [-0.05, 0) is 23.3 Å². The van der Waals surface area contributed by atoms with Crippen molar-refractivity contribution in [1.82, 2.24) is 4.98 Å². The summed E-state index contributed by atoms with van der Waals surface area (Å²) in [5, 5.41) is 2.22. The van der Waals surface area contributed by atoms with Crippen molar-refractivity contribution in [2.24, 2.45) is 5.73 Å². The number of aromatic nitrogens is 1. The van der Waals surface area contributed by atoms with E-state index in [9.17, 15) is 4.79 Å². The molecule has 0 aliphatic carbocycles. The molecule has 0 aliphatic rings. The molecular formula is C21H18N2O2. The number of carbonyl (C=O) groups is 1. The Hall–Kier alpha value is -3.11. The Balaban J connectivity index is 2.07. The van der Waals surface area contributed by atoms with Crippen LogP contribution in [0.15, 0.2) is 60.7 Å². The Morgan fingerprint density at radius 1 is 1.00 bits per heavy atom. The molecule has 124 valence electrons. The van der Waals surface area contributed by atoms with Crippen molar-refractivity contribution < 1.29 is 9.53 Å². The Kier molecular flexibility index (Phi) is 3.75. The van der Waals surface area contributed by atoms with Crippen LogP contribution in [0.4, 0.5) is 0 Å². The third-order valence-corrected chi connectivity index (χ3v) is 4.57. The van der Waals surface area contributed by atoms with Crippen LogP contribution in [0.5, 0.6) is 0 Å². The monoisotopic (exact) mass is 330 g/mol. The van der Waals surface area contributed by atoms with Gasteiger partial charge >= 0.3 is 5.97 Å². The van der Waals surface area contributed by atoms with Gasteiger partial charge in [0.05, 0.1) is 18.2 Å². The van der Waals surface area contributed by atoms with Gasteiger partial charge in [-0.25, -0.2) is 4.79 Å². The summed E-state index contributed by atoms with van der Waals surface area (Å²) in [6.07, 6.45) is 0. The van der Waals surface area contributed by atoms with Crippen molar-refractivity contribution in [3.8, 4) is 11.1 Å². The number of ether oxygens (including phenoxy) is 1. The molecule has 0 fully saturated rings. The molecule has 3 aromatic carbocycles. The van der Waals surface area contributed by atoms with E-state index in [1.165, 1.54) is 7.11 Å². The van der Waals surface area contributed by atoms with Crippen molar-refractivity contribution in [3.63, 3.8) is 0 Å². The van der Waals surface area contributed by atoms with E-state index >= 15 is 0 Å².